The third-order valence-electron chi connectivity index (χ3n) is 6.01. The van der Waals surface area contributed by atoms with Crippen LogP contribution in [0.3, 0.4) is 0 Å². The molecule has 11 heteroatoms. The molecule has 0 saturated carbocycles. The molecule has 0 amide bonds. The van der Waals surface area contributed by atoms with Crippen LogP contribution in [-0.2, 0) is 21.1 Å². The Kier molecular flexibility index (Phi) is 6.86. The normalized spacial score (nSPS) is 14.7. The molecule has 0 unspecified atom stereocenters. The predicted octanol–water partition coefficient (Wildman–Crippen LogP) is 3.67. The van der Waals surface area contributed by atoms with E-state index in [-0.39, 0.29) is 22.2 Å². The Morgan fingerprint density at radius 3 is 2.44 bits per heavy atom. The molecule has 0 atom stereocenters. The standard InChI is InChI=1S/C25H24FN5O4S/c1-27-13-16-2-7-20(21(26)12-16)24-30-31-25(35-24)23-15-28-14-22(29-23)17-3-5-18(6-4-17)36(32,33)19-8-10-34-11-9-19/h2-7,12,14-15,19,27H,8-11,13H2,1H3. The Balaban J connectivity index is 1.38. The summed E-state index contributed by atoms with van der Waals surface area (Å²) in [5.74, 6) is -0.335. The Labute approximate surface area is 207 Å². The van der Waals surface area contributed by atoms with E-state index in [0.717, 1.165) is 5.56 Å². The lowest BCUT2D eigenvalue weighted by atomic mass is 10.1. The smallest absolute Gasteiger partial charge is 0.268 e. The highest BCUT2D eigenvalue weighted by molar-refractivity contribution is 7.92. The van der Waals surface area contributed by atoms with Crippen molar-refractivity contribution in [1.29, 1.82) is 0 Å². The van der Waals surface area contributed by atoms with Crippen LogP contribution < -0.4 is 5.32 Å². The van der Waals surface area contributed by atoms with Crippen LogP contribution in [0.1, 0.15) is 18.4 Å². The minimum atomic E-state index is -3.43. The largest absolute Gasteiger partial charge is 0.414 e. The zero-order valence-corrected chi connectivity index (χ0v) is 20.3. The van der Waals surface area contributed by atoms with Gasteiger partial charge >= 0.3 is 0 Å². The molecule has 9 nitrogen and oxygen atoms in total. The van der Waals surface area contributed by atoms with Crippen molar-refractivity contribution in [2.24, 2.45) is 0 Å². The monoisotopic (exact) mass is 509 g/mol. The lowest BCUT2D eigenvalue weighted by Crippen LogP contribution is -2.28. The van der Waals surface area contributed by atoms with Crippen molar-refractivity contribution in [3.8, 4) is 34.3 Å². The van der Waals surface area contributed by atoms with Crippen LogP contribution in [-0.4, -0.2) is 54.1 Å². The summed E-state index contributed by atoms with van der Waals surface area (Å²) in [5.41, 5.74) is 2.49. The number of halogens is 1. The Morgan fingerprint density at radius 2 is 1.72 bits per heavy atom. The fraction of sp³-hybridized carbons (Fsp3) is 0.280. The number of rotatable bonds is 7. The number of ether oxygens (including phenoxy) is 1. The molecule has 4 aromatic rings. The van der Waals surface area contributed by atoms with Crippen LogP contribution in [0.25, 0.3) is 34.3 Å². The molecule has 1 aliphatic rings. The molecule has 0 bridgehead atoms. The summed E-state index contributed by atoms with van der Waals surface area (Å²) in [5, 5.41) is 10.5. The Bertz CT molecular complexity index is 1470. The van der Waals surface area contributed by atoms with Gasteiger partial charge in [0.25, 0.3) is 11.8 Å². The summed E-state index contributed by atoms with van der Waals surface area (Å²) < 4.78 is 51.4. The number of hydrogen-bond acceptors (Lipinski definition) is 9. The third kappa shape index (κ3) is 4.90. The molecule has 1 N–H and O–H groups in total. The lowest BCUT2D eigenvalue weighted by molar-refractivity contribution is 0.0983. The van der Waals surface area contributed by atoms with E-state index < -0.39 is 20.9 Å². The zero-order chi connectivity index (χ0) is 25.1. The molecule has 2 aromatic carbocycles. The van der Waals surface area contributed by atoms with Crippen molar-refractivity contribution < 1.29 is 22.0 Å². The molecular weight excluding hydrogens is 485 g/mol. The van der Waals surface area contributed by atoms with Crippen molar-refractivity contribution in [2.75, 3.05) is 20.3 Å². The highest BCUT2D eigenvalue weighted by atomic mass is 32.2. The van der Waals surface area contributed by atoms with Gasteiger partial charge in [0.15, 0.2) is 9.84 Å². The minimum absolute atomic E-state index is 0.0355. The summed E-state index contributed by atoms with van der Waals surface area (Å²) in [6, 6.07) is 11.4. The average Bonchev–Trinajstić information content (AvgIpc) is 3.40. The fourth-order valence-electron chi connectivity index (χ4n) is 4.08. The Hall–Kier alpha value is -3.54. The molecular formula is C25H24FN5O4S. The van der Waals surface area contributed by atoms with Crippen molar-refractivity contribution in [1.82, 2.24) is 25.5 Å². The van der Waals surface area contributed by atoms with E-state index >= 15 is 0 Å². The average molecular weight is 510 g/mol. The number of benzene rings is 2. The number of sulfone groups is 1. The predicted molar refractivity (Wildman–Crippen MR) is 130 cm³/mol. The van der Waals surface area contributed by atoms with E-state index in [1.807, 2.05) is 0 Å². The van der Waals surface area contributed by atoms with E-state index in [1.165, 1.54) is 12.3 Å². The second-order valence-electron chi connectivity index (χ2n) is 8.43. The summed E-state index contributed by atoms with van der Waals surface area (Å²) in [7, 11) is -1.64. The fourth-order valence-corrected chi connectivity index (χ4v) is 5.80. The molecule has 36 heavy (non-hydrogen) atoms. The van der Waals surface area contributed by atoms with Gasteiger partial charge in [0, 0.05) is 25.3 Å². The number of aromatic nitrogens is 4. The molecule has 0 spiro atoms. The molecule has 186 valence electrons. The van der Waals surface area contributed by atoms with Crippen LogP contribution in [0, 0.1) is 5.82 Å². The van der Waals surface area contributed by atoms with E-state index in [0.29, 0.717) is 49.6 Å². The first kappa shape index (κ1) is 24.2. The highest BCUT2D eigenvalue weighted by Crippen LogP contribution is 2.28. The summed E-state index contributed by atoms with van der Waals surface area (Å²) >= 11 is 0. The second kappa shape index (κ2) is 10.2. The van der Waals surface area contributed by atoms with Crippen molar-refractivity contribution in [3.63, 3.8) is 0 Å². The van der Waals surface area contributed by atoms with Crippen molar-refractivity contribution in [2.45, 2.75) is 29.5 Å². The van der Waals surface area contributed by atoms with Gasteiger partial charge in [-0.05, 0) is 49.7 Å². The van der Waals surface area contributed by atoms with Crippen LogP contribution in [0.2, 0.25) is 0 Å². The molecule has 1 aliphatic heterocycles. The SMILES string of the molecule is CNCc1ccc(-c2nnc(-c3cncc(-c4ccc(S(=O)(=O)C5CCOCC5)cc4)n3)o2)c(F)c1. The van der Waals surface area contributed by atoms with Gasteiger partial charge in [-0.25, -0.2) is 17.8 Å². The topological polar surface area (TPSA) is 120 Å². The molecule has 1 fully saturated rings. The molecule has 0 aliphatic carbocycles. The van der Waals surface area contributed by atoms with E-state index in [9.17, 15) is 12.8 Å². The zero-order valence-electron chi connectivity index (χ0n) is 19.5. The first-order valence-electron chi connectivity index (χ1n) is 11.5. The van der Waals surface area contributed by atoms with Gasteiger partial charge in [-0.2, -0.15) is 0 Å². The van der Waals surface area contributed by atoms with E-state index in [4.69, 9.17) is 9.15 Å². The number of hydrogen-bond donors (Lipinski definition) is 1. The Morgan fingerprint density at radius 1 is 1.00 bits per heavy atom. The van der Waals surface area contributed by atoms with Crippen LogP contribution in [0.15, 0.2) is 64.2 Å². The van der Waals surface area contributed by atoms with Gasteiger partial charge in [-0.15, -0.1) is 10.2 Å². The maximum atomic E-state index is 14.6. The van der Waals surface area contributed by atoms with Crippen LogP contribution >= 0.6 is 0 Å². The van der Waals surface area contributed by atoms with E-state index in [2.05, 4.69) is 25.5 Å². The van der Waals surface area contributed by atoms with Gasteiger partial charge in [-0.3, -0.25) is 4.98 Å². The lowest BCUT2D eigenvalue weighted by Gasteiger charge is -2.22. The molecule has 1 saturated heterocycles. The van der Waals surface area contributed by atoms with Gasteiger partial charge in [-0.1, -0.05) is 18.2 Å². The van der Waals surface area contributed by atoms with Gasteiger partial charge < -0.3 is 14.5 Å². The number of nitrogens with one attached hydrogen (secondary N) is 1. The van der Waals surface area contributed by atoms with Crippen LogP contribution in [0.4, 0.5) is 4.39 Å². The summed E-state index contributed by atoms with van der Waals surface area (Å²) in [6.45, 7) is 1.45. The quantitative estimate of drug-likeness (QED) is 0.398. The maximum Gasteiger partial charge on any atom is 0.268 e. The molecule has 2 aromatic heterocycles. The first-order valence-corrected chi connectivity index (χ1v) is 13.0. The molecule has 3 heterocycles. The third-order valence-corrected chi connectivity index (χ3v) is 8.29. The molecule has 5 rings (SSSR count). The highest BCUT2D eigenvalue weighted by Gasteiger charge is 2.29. The van der Waals surface area contributed by atoms with Gasteiger partial charge in [0.05, 0.1) is 33.8 Å². The van der Waals surface area contributed by atoms with Crippen LogP contribution in [0.5, 0.6) is 0 Å². The van der Waals surface area contributed by atoms with Gasteiger partial charge in [0.2, 0.25) is 0 Å². The van der Waals surface area contributed by atoms with Crippen molar-refractivity contribution in [3.05, 3.63) is 66.2 Å². The van der Waals surface area contributed by atoms with Gasteiger partial charge in [0.1, 0.15) is 11.5 Å². The van der Waals surface area contributed by atoms with Crippen molar-refractivity contribution >= 4 is 9.84 Å². The number of nitrogens with zero attached hydrogens (tertiary/aromatic N) is 4. The molecule has 0 radical (unpaired) electrons. The second-order valence-corrected chi connectivity index (χ2v) is 10.7. The van der Waals surface area contributed by atoms with E-state index in [1.54, 1.807) is 49.6 Å². The minimum Gasteiger partial charge on any atom is -0.414 e. The maximum absolute atomic E-state index is 14.6. The first-order chi connectivity index (χ1) is 17.5. The summed E-state index contributed by atoms with van der Waals surface area (Å²) in [6.07, 6.45) is 4.02. The summed E-state index contributed by atoms with van der Waals surface area (Å²) in [4.78, 5) is 9.02.